The highest BCUT2D eigenvalue weighted by Crippen LogP contribution is 2.20. The lowest BCUT2D eigenvalue weighted by Gasteiger charge is -2.25. The summed E-state index contributed by atoms with van der Waals surface area (Å²) >= 11 is 0. The van der Waals surface area contributed by atoms with Crippen molar-refractivity contribution in [2.75, 3.05) is 36.0 Å². The molecular formula is C42H70N2O6. The van der Waals surface area contributed by atoms with Crippen LogP contribution in [-0.4, -0.2) is 70.8 Å². The van der Waals surface area contributed by atoms with E-state index in [1.807, 2.05) is 24.3 Å². The third-order valence-electron chi connectivity index (χ3n) is 9.16. The Kier molecular flexibility index (Phi) is 25.7. The Morgan fingerprint density at radius 3 is 0.940 bits per heavy atom. The van der Waals surface area contributed by atoms with Crippen LogP contribution in [0.25, 0.3) is 0 Å². The van der Waals surface area contributed by atoms with Crippen molar-refractivity contribution in [3.8, 4) is 0 Å². The van der Waals surface area contributed by atoms with Crippen LogP contribution in [0, 0.1) is 0 Å². The SMILES string of the molecule is CCCCCCN(CCCCCC)c1ccc(CC(O)C(=O)O)cc1.CCCCCCN(CCCCCC)c1ccc(CC(O)C(=O)O)cc1. The third-order valence-corrected chi connectivity index (χ3v) is 9.16. The predicted molar refractivity (Wildman–Crippen MR) is 209 cm³/mol. The maximum atomic E-state index is 10.8. The molecule has 0 spiro atoms. The van der Waals surface area contributed by atoms with Crippen molar-refractivity contribution in [2.24, 2.45) is 0 Å². The van der Waals surface area contributed by atoms with Gasteiger partial charge in [-0.15, -0.1) is 0 Å². The highest BCUT2D eigenvalue weighted by molar-refractivity contribution is 5.72. The number of aliphatic hydroxyl groups excluding tert-OH is 2. The van der Waals surface area contributed by atoms with E-state index in [0.29, 0.717) is 0 Å². The standard InChI is InChI=1S/2C21H35NO3/c2*1-3-5-7-9-15-22(16-10-8-6-4-2)19-13-11-18(12-14-19)17-20(23)21(24)25/h2*11-14,20,23H,3-10,15-17H2,1-2H3,(H,24,25). The first-order valence-electron chi connectivity index (χ1n) is 19.7. The van der Waals surface area contributed by atoms with E-state index in [4.69, 9.17) is 10.2 Å². The van der Waals surface area contributed by atoms with Gasteiger partial charge in [-0.2, -0.15) is 0 Å². The quantitative estimate of drug-likeness (QED) is 0.0649. The largest absolute Gasteiger partial charge is 0.479 e. The fourth-order valence-electron chi connectivity index (χ4n) is 5.96. The predicted octanol–water partition coefficient (Wildman–Crippen LogP) is 9.28. The van der Waals surface area contributed by atoms with E-state index in [0.717, 1.165) is 37.3 Å². The van der Waals surface area contributed by atoms with Gasteiger partial charge in [0.15, 0.2) is 12.2 Å². The molecule has 0 aromatic heterocycles. The molecule has 0 aliphatic carbocycles. The second-order valence-corrected chi connectivity index (χ2v) is 13.7. The number of unbranched alkanes of at least 4 members (excludes halogenated alkanes) is 12. The summed E-state index contributed by atoms with van der Waals surface area (Å²) in [7, 11) is 0. The van der Waals surface area contributed by atoms with Crippen LogP contribution in [0.3, 0.4) is 0 Å². The van der Waals surface area contributed by atoms with E-state index in [9.17, 15) is 19.8 Å². The monoisotopic (exact) mass is 699 g/mol. The normalized spacial score (nSPS) is 12.1. The Hall–Kier alpha value is -3.10. The Labute approximate surface area is 303 Å². The summed E-state index contributed by atoms with van der Waals surface area (Å²) in [6.07, 6.45) is 17.7. The van der Waals surface area contributed by atoms with E-state index in [-0.39, 0.29) is 12.8 Å². The number of hydrogen-bond acceptors (Lipinski definition) is 6. The molecule has 8 heteroatoms. The van der Waals surface area contributed by atoms with Gasteiger partial charge in [-0.3, -0.25) is 0 Å². The summed E-state index contributed by atoms with van der Waals surface area (Å²) in [5.74, 6) is -2.34. The number of anilines is 2. The summed E-state index contributed by atoms with van der Waals surface area (Å²) in [5, 5.41) is 36.6. The van der Waals surface area contributed by atoms with Gasteiger partial charge in [0.25, 0.3) is 0 Å². The molecule has 0 saturated carbocycles. The Morgan fingerprint density at radius 2 is 0.720 bits per heavy atom. The van der Waals surface area contributed by atoms with Gasteiger partial charge in [0.05, 0.1) is 0 Å². The van der Waals surface area contributed by atoms with Crippen LogP contribution in [-0.2, 0) is 22.4 Å². The highest BCUT2D eigenvalue weighted by Gasteiger charge is 2.15. The zero-order valence-electron chi connectivity index (χ0n) is 31.8. The molecule has 0 bridgehead atoms. The van der Waals surface area contributed by atoms with Crippen LogP contribution in [0.2, 0.25) is 0 Å². The lowest BCUT2D eigenvalue weighted by molar-refractivity contribution is -0.147. The van der Waals surface area contributed by atoms with Gasteiger partial charge in [-0.25, -0.2) is 9.59 Å². The van der Waals surface area contributed by atoms with E-state index in [1.165, 1.54) is 114 Å². The second-order valence-electron chi connectivity index (χ2n) is 13.7. The average molecular weight is 699 g/mol. The number of rotatable bonds is 28. The number of aliphatic carboxylic acids is 2. The number of carboxylic acids is 2. The summed E-state index contributed by atoms with van der Waals surface area (Å²) < 4.78 is 0. The number of carbonyl (C=O) groups is 2. The van der Waals surface area contributed by atoms with Gasteiger partial charge in [0.1, 0.15) is 0 Å². The molecule has 4 N–H and O–H groups in total. The first kappa shape index (κ1) is 44.9. The highest BCUT2D eigenvalue weighted by atomic mass is 16.4. The Morgan fingerprint density at radius 1 is 0.460 bits per heavy atom. The molecule has 0 fully saturated rings. The number of hydrogen-bond donors (Lipinski definition) is 4. The number of carboxylic acid groups (broad SMARTS) is 2. The number of aliphatic hydroxyl groups is 2. The molecule has 0 aliphatic heterocycles. The fraction of sp³-hybridized carbons (Fsp3) is 0.667. The molecule has 2 unspecified atom stereocenters. The van der Waals surface area contributed by atoms with E-state index in [2.05, 4.69) is 61.8 Å². The molecule has 0 aliphatic rings. The molecule has 0 heterocycles. The second kappa shape index (κ2) is 28.6. The van der Waals surface area contributed by atoms with Crippen molar-refractivity contribution < 1.29 is 30.0 Å². The minimum absolute atomic E-state index is 0.155. The maximum absolute atomic E-state index is 10.8. The molecule has 0 amide bonds. The molecular weight excluding hydrogens is 628 g/mol. The summed E-state index contributed by atoms with van der Waals surface area (Å²) in [6, 6.07) is 16.0. The molecule has 2 atom stereocenters. The topological polar surface area (TPSA) is 122 Å². The number of benzene rings is 2. The van der Waals surface area contributed by atoms with E-state index < -0.39 is 24.1 Å². The fourth-order valence-corrected chi connectivity index (χ4v) is 5.96. The molecule has 2 aromatic carbocycles. The first-order chi connectivity index (χ1) is 24.2. The lowest BCUT2D eigenvalue weighted by atomic mass is 10.1. The maximum Gasteiger partial charge on any atom is 0.332 e. The number of nitrogens with zero attached hydrogens (tertiary/aromatic N) is 2. The zero-order valence-corrected chi connectivity index (χ0v) is 31.8. The molecule has 2 rings (SSSR count). The van der Waals surface area contributed by atoms with Gasteiger partial charge >= 0.3 is 11.9 Å². The van der Waals surface area contributed by atoms with Crippen LogP contribution in [0.5, 0.6) is 0 Å². The van der Waals surface area contributed by atoms with Gasteiger partial charge in [0, 0.05) is 50.4 Å². The lowest BCUT2D eigenvalue weighted by Crippen LogP contribution is -2.26. The third kappa shape index (κ3) is 20.5. The van der Waals surface area contributed by atoms with Crippen LogP contribution in [0.1, 0.15) is 142 Å². The van der Waals surface area contributed by atoms with Crippen LogP contribution in [0.15, 0.2) is 48.5 Å². The average Bonchev–Trinajstić information content (AvgIpc) is 3.11. The van der Waals surface area contributed by atoms with Gasteiger partial charge < -0.3 is 30.2 Å². The molecule has 0 saturated heterocycles. The van der Waals surface area contributed by atoms with E-state index in [1.54, 1.807) is 0 Å². The van der Waals surface area contributed by atoms with E-state index >= 15 is 0 Å². The van der Waals surface area contributed by atoms with Gasteiger partial charge in [-0.1, -0.05) is 129 Å². The van der Waals surface area contributed by atoms with Crippen molar-refractivity contribution in [3.05, 3.63) is 59.7 Å². The van der Waals surface area contributed by atoms with Gasteiger partial charge in [0.2, 0.25) is 0 Å². The first-order valence-corrected chi connectivity index (χ1v) is 19.7. The van der Waals surface area contributed by atoms with Crippen molar-refractivity contribution in [1.82, 2.24) is 0 Å². The zero-order chi connectivity index (χ0) is 37.0. The summed E-state index contributed by atoms with van der Waals surface area (Å²) in [4.78, 5) is 26.4. The molecule has 0 radical (unpaired) electrons. The molecule has 284 valence electrons. The minimum Gasteiger partial charge on any atom is -0.479 e. The summed E-state index contributed by atoms with van der Waals surface area (Å²) in [5.41, 5.74) is 4.11. The smallest absolute Gasteiger partial charge is 0.332 e. The molecule has 8 nitrogen and oxygen atoms in total. The van der Waals surface area contributed by atoms with Crippen LogP contribution >= 0.6 is 0 Å². The van der Waals surface area contributed by atoms with Crippen LogP contribution in [0.4, 0.5) is 11.4 Å². The van der Waals surface area contributed by atoms with Crippen molar-refractivity contribution in [1.29, 1.82) is 0 Å². The minimum atomic E-state index is -1.33. The van der Waals surface area contributed by atoms with Crippen molar-refractivity contribution >= 4 is 23.3 Å². The van der Waals surface area contributed by atoms with Crippen molar-refractivity contribution in [3.63, 3.8) is 0 Å². The Bertz CT molecular complexity index is 1010. The summed E-state index contributed by atoms with van der Waals surface area (Å²) in [6.45, 7) is 13.2. The van der Waals surface area contributed by atoms with Gasteiger partial charge in [-0.05, 0) is 61.1 Å². The Balaban J connectivity index is 0.000000500. The van der Waals surface area contributed by atoms with Crippen molar-refractivity contribution in [2.45, 2.75) is 155 Å². The molecule has 2 aromatic rings. The molecule has 50 heavy (non-hydrogen) atoms. The van der Waals surface area contributed by atoms with Crippen LogP contribution < -0.4 is 9.80 Å².